The Morgan fingerprint density at radius 3 is 2.06 bits per heavy atom. The molecule has 1 N–H and O–H groups in total. The average Bonchev–Trinajstić information content (AvgIpc) is 2.90. The minimum atomic E-state index is -4.10. The maximum absolute atomic E-state index is 13.6. The SMILES string of the molecule is CCc1ccc(N(CC(=O)N(Cc2ccc(F)cc2)[C@@H](C)C(=O)NC)S(=O)(=O)c2ccccc2)cc1. The number of hydrogen-bond acceptors (Lipinski definition) is 4. The van der Waals surface area contributed by atoms with E-state index in [-0.39, 0.29) is 11.4 Å². The molecule has 2 amide bonds. The Morgan fingerprint density at radius 1 is 0.917 bits per heavy atom. The fourth-order valence-electron chi connectivity index (χ4n) is 3.72. The van der Waals surface area contributed by atoms with E-state index < -0.39 is 40.2 Å². The standard InChI is InChI=1S/C27H30FN3O4S/c1-4-21-12-16-24(17-13-21)31(36(34,35)25-8-6-5-7-9-25)19-26(32)30(20(2)27(33)29-3)18-22-10-14-23(28)15-11-22/h5-17,20H,4,18-19H2,1-3H3,(H,29,33)/t20-/m0/s1. The molecule has 0 saturated carbocycles. The summed E-state index contributed by atoms with van der Waals surface area (Å²) in [6.07, 6.45) is 0.778. The first-order chi connectivity index (χ1) is 17.2. The predicted molar refractivity (Wildman–Crippen MR) is 137 cm³/mol. The van der Waals surface area contributed by atoms with Gasteiger partial charge in [0.15, 0.2) is 0 Å². The number of carbonyl (C=O) groups excluding carboxylic acids is 2. The van der Waals surface area contributed by atoms with E-state index in [1.54, 1.807) is 37.3 Å². The van der Waals surface area contributed by atoms with E-state index in [0.29, 0.717) is 11.3 Å². The van der Waals surface area contributed by atoms with Gasteiger partial charge in [-0.2, -0.15) is 0 Å². The van der Waals surface area contributed by atoms with Crippen LogP contribution in [0.5, 0.6) is 0 Å². The van der Waals surface area contributed by atoms with Gasteiger partial charge in [-0.25, -0.2) is 12.8 Å². The van der Waals surface area contributed by atoms with E-state index >= 15 is 0 Å². The molecule has 0 spiro atoms. The van der Waals surface area contributed by atoms with E-state index in [4.69, 9.17) is 0 Å². The zero-order valence-electron chi connectivity index (χ0n) is 20.5. The van der Waals surface area contributed by atoms with Gasteiger partial charge in [0, 0.05) is 13.6 Å². The van der Waals surface area contributed by atoms with Crippen molar-refractivity contribution < 1.29 is 22.4 Å². The molecule has 3 rings (SSSR count). The summed E-state index contributed by atoms with van der Waals surface area (Å²) in [6.45, 7) is 3.03. The van der Waals surface area contributed by atoms with Gasteiger partial charge < -0.3 is 10.2 Å². The lowest BCUT2D eigenvalue weighted by Crippen LogP contribution is -2.50. The lowest BCUT2D eigenvalue weighted by Gasteiger charge is -2.31. The van der Waals surface area contributed by atoms with Gasteiger partial charge in [0.2, 0.25) is 11.8 Å². The maximum Gasteiger partial charge on any atom is 0.264 e. The number of likely N-dealkylation sites (N-methyl/N-ethyl adjacent to an activating group) is 1. The Labute approximate surface area is 211 Å². The van der Waals surface area contributed by atoms with E-state index in [1.165, 1.54) is 48.3 Å². The van der Waals surface area contributed by atoms with Crippen LogP contribution in [0.2, 0.25) is 0 Å². The highest BCUT2D eigenvalue weighted by atomic mass is 32.2. The average molecular weight is 512 g/mol. The number of nitrogens with zero attached hydrogens (tertiary/aromatic N) is 2. The summed E-state index contributed by atoms with van der Waals surface area (Å²) in [5.74, 6) is -1.41. The minimum absolute atomic E-state index is 0.00168. The Balaban J connectivity index is 2.01. The third kappa shape index (κ3) is 6.28. The fraction of sp³-hybridized carbons (Fsp3) is 0.259. The van der Waals surface area contributed by atoms with E-state index in [2.05, 4.69) is 5.32 Å². The number of hydrogen-bond donors (Lipinski definition) is 1. The minimum Gasteiger partial charge on any atom is -0.357 e. The second kappa shape index (κ2) is 11.8. The first-order valence-electron chi connectivity index (χ1n) is 11.6. The molecule has 1 atom stereocenters. The molecule has 0 bridgehead atoms. The van der Waals surface area contributed by atoms with Gasteiger partial charge in [-0.05, 0) is 60.9 Å². The number of nitrogens with one attached hydrogen (secondary N) is 1. The number of carbonyl (C=O) groups is 2. The third-order valence-electron chi connectivity index (χ3n) is 5.92. The molecule has 0 aliphatic rings. The molecule has 9 heteroatoms. The van der Waals surface area contributed by atoms with Crippen LogP contribution in [-0.2, 0) is 32.6 Å². The van der Waals surface area contributed by atoms with Crippen molar-refractivity contribution in [3.05, 3.63) is 95.8 Å². The van der Waals surface area contributed by atoms with Gasteiger partial charge in [0.25, 0.3) is 10.0 Å². The molecule has 0 aromatic heterocycles. The van der Waals surface area contributed by atoms with Crippen molar-refractivity contribution in [1.82, 2.24) is 10.2 Å². The first-order valence-corrected chi connectivity index (χ1v) is 13.0. The van der Waals surface area contributed by atoms with Crippen LogP contribution in [0.25, 0.3) is 0 Å². The highest BCUT2D eigenvalue weighted by Gasteiger charge is 2.32. The van der Waals surface area contributed by atoms with Crippen molar-refractivity contribution in [2.75, 3.05) is 17.9 Å². The topological polar surface area (TPSA) is 86.8 Å². The van der Waals surface area contributed by atoms with Crippen molar-refractivity contribution in [1.29, 1.82) is 0 Å². The van der Waals surface area contributed by atoms with Crippen LogP contribution in [0.15, 0.2) is 83.8 Å². The number of sulfonamides is 1. The van der Waals surface area contributed by atoms with E-state index in [9.17, 15) is 22.4 Å². The van der Waals surface area contributed by atoms with Crippen molar-refractivity contribution in [3.8, 4) is 0 Å². The summed E-state index contributed by atoms with van der Waals surface area (Å²) in [6, 6.07) is 19.5. The Morgan fingerprint density at radius 2 is 1.50 bits per heavy atom. The zero-order valence-corrected chi connectivity index (χ0v) is 21.3. The van der Waals surface area contributed by atoms with Crippen LogP contribution in [0.4, 0.5) is 10.1 Å². The van der Waals surface area contributed by atoms with E-state index in [0.717, 1.165) is 16.3 Å². The van der Waals surface area contributed by atoms with Gasteiger partial charge in [0.1, 0.15) is 18.4 Å². The van der Waals surface area contributed by atoms with Crippen LogP contribution in [0.1, 0.15) is 25.0 Å². The molecular formula is C27H30FN3O4S. The van der Waals surface area contributed by atoms with Gasteiger partial charge in [-0.15, -0.1) is 0 Å². The first kappa shape index (κ1) is 26.9. The molecule has 0 aliphatic heterocycles. The third-order valence-corrected chi connectivity index (χ3v) is 7.71. The second-order valence-corrected chi connectivity index (χ2v) is 10.1. The maximum atomic E-state index is 13.6. The molecule has 0 unspecified atom stereocenters. The number of anilines is 1. The van der Waals surface area contributed by atoms with Crippen LogP contribution >= 0.6 is 0 Å². The molecule has 36 heavy (non-hydrogen) atoms. The quantitative estimate of drug-likeness (QED) is 0.449. The number of rotatable bonds is 10. The smallest absolute Gasteiger partial charge is 0.264 e. The van der Waals surface area contributed by atoms with Crippen LogP contribution < -0.4 is 9.62 Å². The summed E-state index contributed by atoms with van der Waals surface area (Å²) in [5, 5.41) is 2.52. The number of aryl methyl sites for hydroxylation is 1. The lowest BCUT2D eigenvalue weighted by atomic mass is 10.1. The largest absolute Gasteiger partial charge is 0.357 e. The van der Waals surface area contributed by atoms with Crippen molar-refractivity contribution in [2.24, 2.45) is 0 Å². The molecule has 0 aliphatic carbocycles. The molecule has 7 nitrogen and oxygen atoms in total. The Bertz CT molecular complexity index is 1280. The monoisotopic (exact) mass is 511 g/mol. The van der Waals surface area contributed by atoms with E-state index in [1.807, 2.05) is 19.1 Å². The summed E-state index contributed by atoms with van der Waals surface area (Å²) in [5.41, 5.74) is 1.96. The second-order valence-electron chi connectivity index (χ2n) is 8.28. The van der Waals surface area contributed by atoms with Crippen molar-refractivity contribution in [2.45, 2.75) is 37.8 Å². The molecule has 3 aromatic rings. The zero-order chi connectivity index (χ0) is 26.3. The van der Waals surface area contributed by atoms with Crippen molar-refractivity contribution in [3.63, 3.8) is 0 Å². The number of amides is 2. The summed E-state index contributed by atoms with van der Waals surface area (Å²) >= 11 is 0. The Kier molecular flexibility index (Phi) is 8.82. The Hall–Kier alpha value is -3.72. The fourth-order valence-corrected chi connectivity index (χ4v) is 5.16. The molecular weight excluding hydrogens is 481 g/mol. The predicted octanol–water partition coefficient (Wildman–Crippen LogP) is 3.75. The highest BCUT2D eigenvalue weighted by molar-refractivity contribution is 7.92. The normalized spacial score (nSPS) is 12.0. The molecule has 0 fully saturated rings. The van der Waals surface area contributed by atoms with Gasteiger partial charge in [-0.1, -0.05) is 49.4 Å². The van der Waals surface area contributed by atoms with Crippen LogP contribution in [0, 0.1) is 5.82 Å². The van der Waals surface area contributed by atoms with Crippen LogP contribution in [-0.4, -0.2) is 44.8 Å². The lowest BCUT2D eigenvalue weighted by molar-refractivity contribution is -0.139. The van der Waals surface area contributed by atoms with Crippen LogP contribution in [0.3, 0.4) is 0 Å². The molecule has 3 aromatic carbocycles. The molecule has 0 heterocycles. The molecule has 0 radical (unpaired) electrons. The van der Waals surface area contributed by atoms with Gasteiger partial charge >= 0.3 is 0 Å². The number of halogens is 1. The molecule has 190 valence electrons. The van der Waals surface area contributed by atoms with Gasteiger partial charge in [0.05, 0.1) is 10.6 Å². The highest BCUT2D eigenvalue weighted by Crippen LogP contribution is 2.25. The summed E-state index contributed by atoms with van der Waals surface area (Å²) in [4.78, 5) is 27.4. The number of benzene rings is 3. The summed E-state index contributed by atoms with van der Waals surface area (Å²) in [7, 11) is -2.64. The molecule has 0 saturated heterocycles. The van der Waals surface area contributed by atoms with Crippen molar-refractivity contribution >= 4 is 27.5 Å². The summed E-state index contributed by atoms with van der Waals surface area (Å²) < 4.78 is 41.7. The van der Waals surface area contributed by atoms with Gasteiger partial charge in [-0.3, -0.25) is 13.9 Å².